The van der Waals surface area contributed by atoms with Crippen molar-refractivity contribution in [2.45, 2.75) is 58.3 Å². The molecule has 7 heteroatoms. The highest BCUT2D eigenvalue weighted by Gasteiger charge is 2.41. The SMILES string of the molecule is COc1cccc(OC)c1NC(=O)c1ccc(Oc2c(C)cc3c(c2OC)C(C)(C)CCC3(C)C)o1. The Kier molecular flexibility index (Phi) is 6.69. The number of hydrogen-bond acceptors (Lipinski definition) is 6. The van der Waals surface area contributed by atoms with E-state index < -0.39 is 5.91 Å². The molecule has 36 heavy (non-hydrogen) atoms. The van der Waals surface area contributed by atoms with Gasteiger partial charge in [0.1, 0.15) is 17.2 Å². The Balaban J connectivity index is 1.66. The second-order valence-electron chi connectivity index (χ2n) is 10.5. The van der Waals surface area contributed by atoms with Gasteiger partial charge in [-0.25, -0.2) is 0 Å². The van der Waals surface area contributed by atoms with Crippen LogP contribution in [0.5, 0.6) is 28.9 Å². The first-order valence-corrected chi connectivity index (χ1v) is 12.0. The van der Waals surface area contributed by atoms with Gasteiger partial charge in [0.05, 0.1) is 21.3 Å². The van der Waals surface area contributed by atoms with Gasteiger partial charge in [-0.3, -0.25) is 4.79 Å². The summed E-state index contributed by atoms with van der Waals surface area (Å²) in [6.07, 6.45) is 2.15. The van der Waals surface area contributed by atoms with E-state index in [1.807, 2.05) is 6.92 Å². The van der Waals surface area contributed by atoms with Crippen LogP contribution in [0.15, 0.2) is 40.8 Å². The number of rotatable bonds is 7. The molecule has 1 aliphatic carbocycles. The Morgan fingerprint density at radius 3 is 2.14 bits per heavy atom. The quantitative estimate of drug-likeness (QED) is 0.381. The van der Waals surface area contributed by atoms with Gasteiger partial charge < -0.3 is 28.7 Å². The van der Waals surface area contributed by atoms with E-state index in [0.717, 1.165) is 24.0 Å². The topological polar surface area (TPSA) is 79.2 Å². The summed E-state index contributed by atoms with van der Waals surface area (Å²) in [6.45, 7) is 11.0. The predicted molar refractivity (Wildman–Crippen MR) is 139 cm³/mol. The lowest BCUT2D eigenvalue weighted by molar-refractivity contribution is 0.0991. The molecule has 0 aliphatic heterocycles. The molecule has 3 aromatic rings. The summed E-state index contributed by atoms with van der Waals surface area (Å²) in [5.74, 6) is 2.09. The second kappa shape index (κ2) is 9.45. The number of amides is 1. The first-order valence-electron chi connectivity index (χ1n) is 12.0. The highest BCUT2D eigenvalue weighted by molar-refractivity contribution is 6.04. The number of furan rings is 1. The van der Waals surface area contributed by atoms with Crippen molar-refractivity contribution in [1.29, 1.82) is 0 Å². The van der Waals surface area contributed by atoms with Crippen LogP contribution in [0.1, 0.15) is 67.8 Å². The molecule has 7 nitrogen and oxygen atoms in total. The summed E-state index contributed by atoms with van der Waals surface area (Å²) in [4.78, 5) is 13.0. The molecule has 0 radical (unpaired) electrons. The van der Waals surface area contributed by atoms with E-state index in [0.29, 0.717) is 28.7 Å². The van der Waals surface area contributed by atoms with E-state index in [1.54, 1.807) is 37.4 Å². The Morgan fingerprint density at radius 1 is 0.889 bits per heavy atom. The molecule has 0 saturated carbocycles. The fraction of sp³-hybridized carbons (Fsp3) is 0.414. The summed E-state index contributed by atoms with van der Waals surface area (Å²) in [5, 5.41) is 2.81. The van der Waals surface area contributed by atoms with E-state index in [1.165, 1.54) is 19.8 Å². The van der Waals surface area contributed by atoms with Crippen molar-refractivity contribution < 1.29 is 28.2 Å². The molecule has 0 fully saturated rings. The maximum absolute atomic E-state index is 13.0. The molecule has 1 heterocycles. The average Bonchev–Trinajstić information content (AvgIpc) is 3.31. The predicted octanol–water partition coefficient (Wildman–Crippen LogP) is 7.01. The molecule has 0 bridgehead atoms. The van der Waals surface area contributed by atoms with Crippen LogP contribution in [0.2, 0.25) is 0 Å². The number of nitrogens with one attached hydrogen (secondary N) is 1. The smallest absolute Gasteiger partial charge is 0.291 e. The number of anilines is 1. The maximum Gasteiger partial charge on any atom is 0.291 e. The number of fused-ring (bicyclic) bond motifs is 1. The number of para-hydroxylation sites is 1. The van der Waals surface area contributed by atoms with Crippen LogP contribution < -0.4 is 24.3 Å². The van der Waals surface area contributed by atoms with E-state index >= 15 is 0 Å². The highest BCUT2D eigenvalue weighted by atomic mass is 16.6. The lowest BCUT2D eigenvalue weighted by Gasteiger charge is -2.43. The van der Waals surface area contributed by atoms with Gasteiger partial charge in [0, 0.05) is 11.6 Å². The number of benzene rings is 2. The molecule has 4 rings (SSSR count). The van der Waals surface area contributed by atoms with Gasteiger partial charge in [0.2, 0.25) is 0 Å². The summed E-state index contributed by atoms with van der Waals surface area (Å²) < 4.78 is 28.7. The van der Waals surface area contributed by atoms with Crippen LogP contribution in [0.4, 0.5) is 5.69 Å². The molecular formula is C29H35NO6. The molecular weight excluding hydrogens is 458 g/mol. The summed E-state index contributed by atoms with van der Waals surface area (Å²) in [5.41, 5.74) is 3.78. The zero-order chi connectivity index (χ0) is 26.3. The third kappa shape index (κ3) is 4.50. The summed E-state index contributed by atoms with van der Waals surface area (Å²) in [7, 11) is 4.72. The molecule has 1 aromatic heterocycles. The molecule has 1 N–H and O–H groups in total. The molecule has 2 aromatic carbocycles. The van der Waals surface area contributed by atoms with Gasteiger partial charge in [-0.2, -0.15) is 0 Å². The largest absolute Gasteiger partial charge is 0.494 e. The molecule has 0 atom stereocenters. The van der Waals surface area contributed by atoms with Gasteiger partial charge in [0.25, 0.3) is 11.9 Å². The van der Waals surface area contributed by atoms with Crippen molar-refractivity contribution in [3.05, 3.63) is 58.8 Å². The molecule has 0 spiro atoms. The highest BCUT2D eigenvalue weighted by Crippen LogP contribution is 2.53. The van der Waals surface area contributed by atoms with Gasteiger partial charge in [-0.05, 0) is 59.9 Å². The van der Waals surface area contributed by atoms with E-state index in [9.17, 15) is 4.79 Å². The number of ether oxygens (including phenoxy) is 4. The van der Waals surface area contributed by atoms with Crippen LogP contribution in [0.25, 0.3) is 0 Å². The number of aryl methyl sites for hydroxylation is 1. The minimum atomic E-state index is -0.454. The van der Waals surface area contributed by atoms with Crippen LogP contribution in [-0.2, 0) is 10.8 Å². The summed E-state index contributed by atoms with van der Waals surface area (Å²) >= 11 is 0. The van der Waals surface area contributed by atoms with Gasteiger partial charge in [0.15, 0.2) is 17.3 Å². The van der Waals surface area contributed by atoms with Crippen molar-refractivity contribution in [3.63, 3.8) is 0 Å². The number of hydrogen-bond donors (Lipinski definition) is 1. The van der Waals surface area contributed by atoms with Crippen LogP contribution >= 0.6 is 0 Å². The lowest BCUT2D eigenvalue weighted by atomic mass is 9.62. The van der Waals surface area contributed by atoms with Crippen LogP contribution in [0, 0.1) is 6.92 Å². The number of carbonyl (C=O) groups is 1. The minimum Gasteiger partial charge on any atom is -0.494 e. The zero-order valence-electron chi connectivity index (χ0n) is 22.3. The Morgan fingerprint density at radius 2 is 1.53 bits per heavy atom. The summed E-state index contributed by atoms with van der Waals surface area (Å²) in [6, 6.07) is 10.6. The van der Waals surface area contributed by atoms with Crippen molar-refractivity contribution in [2.24, 2.45) is 0 Å². The first kappa shape index (κ1) is 25.5. The van der Waals surface area contributed by atoms with E-state index in [-0.39, 0.29) is 22.5 Å². The molecule has 1 aliphatic rings. The number of carbonyl (C=O) groups excluding carboxylic acids is 1. The first-order chi connectivity index (χ1) is 17.0. The minimum absolute atomic E-state index is 0.0386. The molecule has 192 valence electrons. The average molecular weight is 494 g/mol. The molecule has 0 saturated heterocycles. The number of methoxy groups -OCH3 is 3. The van der Waals surface area contributed by atoms with Crippen LogP contribution in [-0.4, -0.2) is 27.2 Å². The Bertz CT molecular complexity index is 1260. The van der Waals surface area contributed by atoms with Crippen LogP contribution in [0.3, 0.4) is 0 Å². The van der Waals surface area contributed by atoms with Gasteiger partial charge in [-0.1, -0.05) is 39.8 Å². The van der Waals surface area contributed by atoms with Crippen molar-refractivity contribution >= 4 is 11.6 Å². The van der Waals surface area contributed by atoms with E-state index in [2.05, 4.69) is 39.1 Å². The van der Waals surface area contributed by atoms with Gasteiger partial charge in [-0.15, -0.1) is 0 Å². The zero-order valence-corrected chi connectivity index (χ0v) is 22.3. The standard InChI is InChI=1S/C29H35NO6/c1-17-16-18-23(29(4,5)15-14-28(18,2)3)26(34-8)25(17)36-22-13-12-21(35-22)27(31)30-24-19(32-6)10-9-11-20(24)33-7/h9-13,16H,14-15H2,1-8H3,(H,30,31). The Labute approximate surface area is 212 Å². The van der Waals surface area contributed by atoms with E-state index in [4.69, 9.17) is 23.4 Å². The van der Waals surface area contributed by atoms with Crippen molar-refractivity contribution in [1.82, 2.24) is 0 Å². The second-order valence-corrected chi connectivity index (χ2v) is 10.5. The lowest BCUT2D eigenvalue weighted by Crippen LogP contribution is -2.34. The normalized spacial score (nSPS) is 15.6. The fourth-order valence-electron chi connectivity index (χ4n) is 4.93. The van der Waals surface area contributed by atoms with Gasteiger partial charge >= 0.3 is 0 Å². The molecule has 0 unspecified atom stereocenters. The fourth-order valence-corrected chi connectivity index (χ4v) is 4.93. The Hall–Kier alpha value is -3.61. The monoisotopic (exact) mass is 493 g/mol. The third-order valence-electron chi connectivity index (χ3n) is 7.08. The maximum atomic E-state index is 13.0. The van der Waals surface area contributed by atoms with Crippen molar-refractivity contribution in [3.8, 4) is 28.9 Å². The molecule has 1 amide bonds. The third-order valence-corrected chi connectivity index (χ3v) is 7.08. The van der Waals surface area contributed by atoms with Crippen molar-refractivity contribution in [2.75, 3.05) is 26.6 Å².